The van der Waals surface area contributed by atoms with Crippen molar-refractivity contribution in [2.45, 2.75) is 58.6 Å². The molecule has 1 unspecified atom stereocenters. The van der Waals surface area contributed by atoms with Crippen LogP contribution in [0.1, 0.15) is 45.1 Å². The molecule has 1 aromatic rings. The van der Waals surface area contributed by atoms with E-state index in [0.29, 0.717) is 18.7 Å². The van der Waals surface area contributed by atoms with Crippen molar-refractivity contribution in [1.82, 2.24) is 10.1 Å². The Morgan fingerprint density at radius 2 is 2.19 bits per heavy atom. The van der Waals surface area contributed by atoms with E-state index < -0.39 is 17.7 Å². The Bertz CT molecular complexity index is 530. The quantitative estimate of drug-likeness (QED) is 0.856. The molecule has 1 fully saturated rings. The molecule has 1 aliphatic rings. The number of ether oxygens (including phenoxy) is 1. The number of aryl methyl sites for hydroxylation is 1. The molecule has 1 aliphatic heterocycles. The van der Waals surface area contributed by atoms with Crippen LogP contribution in [-0.2, 0) is 16.0 Å². The number of amides is 1. The summed E-state index contributed by atoms with van der Waals surface area (Å²) in [5.74, 6) is 0.503. The minimum absolute atomic E-state index is 0.0329. The fourth-order valence-electron chi connectivity index (χ4n) is 2.43. The molecule has 0 N–H and O–H groups in total. The van der Waals surface area contributed by atoms with E-state index >= 15 is 0 Å². The number of carbonyl (C=O) groups is 2. The number of likely N-dealkylation sites (tertiary alicyclic amines) is 1. The second-order valence-electron chi connectivity index (χ2n) is 6.41. The summed E-state index contributed by atoms with van der Waals surface area (Å²) in [7, 11) is 0. The van der Waals surface area contributed by atoms with E-state index in [-0.39, 0.29) is 12.2 Å². The van der Waals surface area contributed by atoms with Crippen molar-refractivity contribution < 1.29 is 18.8 Å². The minimum atomic E-state index is -0.560. The topological polar surface area (TPSA) is 72.6 Å². The molecule has 0 saturated carbocycles. The first-order valence-electron chi connectivity index (χ1n) is 7.21. The van der Waals surface area contributed by atoms with Crippen LogP contribution in [-0.4, -0.2) is 40.1 Å². The van der Waals surface area contributed by atoms with E-state index in [9.17, 15) is 9.59 Å². The zero-order chi connectivity index (χ0) is 15.6. The van der Waals surface area contributed by atoms with Crippen molar-refractivity contribution in [3.63, 3.8) is 0 Å². The Morgan fingerprint density at radius 3 is 2.76 bits per heavy atom. The minimum Gasteiger partial charge on any atom is -0.444 e. The molecule has 1 amide bonds. The number of hydrogen-bond acceptors (Lipinski definition) is 5. The highest BCUT2D eigenvalue weighted by Gasteiger charge is 2.36. The van der Waals surface area contributed by atoms with Crippen molar-refractivity contribution >= 4 is 11.9 Å². The second kappa shape index (κ2) is 5.87. The third kappa shape index (κ3) is 4.06. The summed E-state index contributed by atoms with van der Waals surface area (Å²) in [6.45, 7) is 7.81. The van der Waals surface area contributed by atoms with E-state index in [4.69, 9.17) is 9.26 Å². The standard InChI is InChI=1S/C15H22N2O4/c1-10-8-11(21-16-10)9-13(18)12-6-5-7-17(12)14(19)20-15(2,3)4/h8,12H,5-7,9H2,1-4H3. The Hall–Kier alpha value is -1.85. The van der Waals surface area contributed by atoms with E-state index in [0.717, 1.165) is 12.1 Å². The van der Waals surface area contributed by atoms with Crippen LogP contribution in [0.15, 0.2) is 10.6 Å². The third-order valence-electron chi connectivity index (χ3n) is 3.28. The first-order valence-corrected chi connectivity index (χ1v) is 7.21. The Morgan fingerprint density at radius 1 is 1.48 bits per heavy atom. The van der Waals surface area contributed by atoms with Crippen molar-refractivity contribution in [2.75, 3.05) is 6.54 Å². The molecule has 6 nitrogen and oxygen atoms in total. The van der Waals surface area contributed by atoms with E-state index in [1.54, 1.807) is 13.0 Å². The van der Waals surface area contributed by atoms with Crippen LogP contribution in [0.25, 0.3) is 0 Å². The highest BCUT2D eigenvalue weighted by molar-refractivity contribution is 5.89. The molecule has 1 saturated heterocycles. The Kier molecular flexibility index (Phi) is 4.34. The Labute approximate surface area is 124 Å². The lowest BCUT2D eigenvalue weighted by atomic mass is 10.1. The van der Waals surface area contributed by atoms with Crippen LogP contribution in [0.5, 0.6) is 0 Å². The van der Waals surface area contributed by atoms with Gasteiger partial charge >= 0.3 is 6.09 Å². The van der Waals surface area contributed by atoms with Crippen LogP contribution in [0.3, 0.4) is 0 Å². The van der Waals surface area contributed by atoms with Gasteiger partial charge in [0.05, 0.1) is 18.2 Å². The summed E-state index contributed by atoms with van der Waals surface area (Å²) in [6, 6.07) is 1.32. The summed E-state index contributed by atoms with van der Waals surface area (Å²) >= 11 is 0. The van der Waals surface area contributed by atoms with Crippen molar-refractivity contribution in [3.8, 4) is 0 Å². The zero-order valence-electron chi connectivity index (χ0n) is 13.0. The van der Waals surface area contributed by atoms with Crippen LogP contribution < -0.4 is 0 Å². The lowest BCUT2D eigenvalue weighted by molar-refractivity contribution is -0.123. The lowest BCUT2D eigenvalue weighted by Gasteiger charge is -2.27. The zero-order valence-corrected chi connectivity index (χ0v) is 13.0. The third-order valence-corrected chi connectivity index (χ3v) is 3.28. The van der Waals surface area contributed by atoms with E-state index in [2.05, 4.69) is 5.16 Å². The smallest absolute Gasteiger partial charge is 0.410 e. The van der Waals surface area contributed by atoms with Crippen LogP contribution in [0, 0.1) is 6.92 Å². The van der Waals surface area contributed by atoms with Crippen LogP contribution in [0.2, 0.25) is 0 Å². The van der Waals surface area contributed by atoms with Gasteiger partial charge in [-0.15, -0.1) is 0 Å². The van der Waals surface area contributed by atoms with Crippen LogP contribution in [0.4, 0.5) is 4.79 Å². The molecular weight excluding hydrogens is 272 g/mol. The Balaban J connectivity index is 2.00. The maximum absolute atomic E-state index is 12.4. The molecular formula is C15H22N2O4. The number of carbonyl (C=O) groups excluding carboxylic acids is 2. The summed E-state index contributed by atoms with van der Waals surface area (Å²) in [4.78, 5) is 26.0. The monoisotopic (exact) mass is 294 g/mol. The number of hydrogen-bond donors (Lipinski definition) is 0. The van der Waals surface area contributed by atoms with Gasteiger partial charge in [0.2, 0.25) is 0 Å². The molecule has 21 heavy (non-hydrogen) atoms. The van der Waals surface area contributed by atoms with Crippen molar-refractivity contribution in [2.24, 2.45) is 0 Å². The normalized spacial score (nSPS) is 18.9. The van der Waals surface area contributed by atoms with Gasteiger partial charge in [0.1, 0.15) is 11.4 Å². The molecule has 6 heteroatoms. The van der Waals surface area contributed by atoms with Crippen molar-refractivity contribution in [3.05, 3.63) is 17.5 Å². The van der Waals surface area contributed by atoms with Gasteiger partial charge in [-0.3, -0.25) is 9.69 Å². The second-order valence-corrected chi connectivity index (χ2v) is 6.41. The number of nitrogens with zero attached hydrogens (tertiary/aromatic N) is 2. The molecule has 0 bridgehead atoms. The SMILES string of the molecule is Cc1cc(CC(=O)C2CCCN2C(=O)OC(C)(C)C)on1. The largest absolute Gasteiger partial charge is 0.444 e. The summed E-state index contributed by atoms with van der Waals surface area (Å²) < 4.78 is 10.4. The maximum atomic E-state index is 12.4. The predicted octanol–water partition coefficient (Wildman–Crippen LogP) is 2.49. The predicted molar refractivity (Wildman–Crippen MR) is 75.9 cm³/mol. The number of ketones is 1. The lowest BCUT2D eigenvalue weighted by Crippen LogP contribution is -2.43. The van der Waals surface area contributed by atoms with Gasteiger partial charge in [-0.25, -0.2) is 4.79 Å². The molecule has 116 valence electrons. The van der Waals surface area contributed by atoms with E-state index in [1.807, 2.05) is 20.8 Å². The molecule has 0 radical (unpaired) electrons. The highest BCUT2D eigenvalue weighted by atomic mass is 16.6. The average molecular weight is 294 g/mol. The van der Waals surface area contributed by atoms with Gasteiger partial charge in [-0.1, -0.05) is 5.16 Å². The van der Waals surface area contributed by atoms with Crippen molar-refractivity contribution in [1.29, 1.82) is 0 Å². The molecule has 0 spiro atoms. The van der Waals surface area contributed by atoms with Gasteiger partial charge in [0.25, 0.3) is 0 Å². The first kappa shape index (κ1) is 15.5. The first-order chi connectivity index (χ1) is 9.76. The maximum Gasteiger partial charge on any atom is 0.410 e. The molecule has 2 rings (SSSR count). The van der Waals surface area contributed by atoms with Gasteiger partial charge < -0.3 is 9.26 Å². The molecule has 2 heterocycles. The average Bonchev–Trinajstić information content (AvgIpc) is 2.95. The van der Waals surface area contributed by atoms with Crippen LogP contribution >= 0.6 is 0 Å². The van der Waals surface area contributed by atoms with E-state index in [1.165, 1.54) is 4.90 Å². The molecule has 1 aromatic heterocycles. The number of Topliss-reactive ketones (excluding diaryl/α,β-unsaturated/α-hetero) is 1. The van der Waals surface area contributed by atoms with Gasteiger partial charge in [0, 0.05) is 12.6 Å². The summed E-state index contributed by atoms with van der Waals surface area (Å²) in [6.07, 6.45) is 1.22. The molecule has 0 aromatic carbocycles. The summed E-state index contributed by atoms with van der Waals surface area (Å²) in [5.41, 5.74) is 0.184. The highest BCUT2D eigenvalue weighted by Crippen LogP contribution is 2.22. The number of aromatic nitrogens is 1. The molecule has 1 atom stereocenters. The number of rotatable bonds is 3. The fourth-order valence-corrected chi connectivity index (χ4v) is 2.43. The van der Waals surface area contributed by atoms with Gasteiger partial charge in [-0.2, -0.15) is 0 Å². The molecule has 0 aliphatic carbocycles. The summed E-state index contributed by atoms with van der Waals surface area (Å²) in [5, 5.41) is 3.77. The fraction of sp³-hybridized carbons (Fsp3) is 0.667. The van der Waals surface area contributed by atoms with Gasteiger partial charge in [-0.05, 0) is 40.5 Å². The van der Waals surface area contributed by atoms with Gasteiger partial charge in [0.15, 0.2) is 5.78 Å².